The number of fused-ring (bicyclic) bond motifs is 1. The van der Waals surface area contributed by atoms with Crippen molar-refractivity contribution < 1.29 is 4.42 Å². The van der Waals surface area contributed by atoms with E-state index in [-0.39, 0.29) is 17.6 Å². The summed E-state index contributed by atoms with van der Waals surface area (Å²) in [4.78, 5) is 21.2. The largest absolute Gasteiger partial charge is 0.464 e. The predicted molar refractivity (Wildman–Crippen MR) is 114 cm³/mol. The molecule has 4 rings (SSSR count). The van der Waals surface area contributed by atoms with E-state index in [4.69, 9.17) is 9.40 Å². The number of furan rings is 1. The number of H-pyrrole nitrogens is 1. The Labute approximate surface area is 167 Å². The standard InChI is InChI=1S/C22H23N3O2S/c1-13(2)19(15-8-5-4-6-9-15)23-14(3)20-24-21(26)18-16(12-28-22(18)25-20)17-10-7-11-27-17/h4-14,19,23H,1-3H3,(H,24,25,26)/t14-,19-/m0/s1. The molecule has 28 heavy (non-hydrogen) atoms. The Morgan fingerprint density at radius 3 is 2.57 bits per heavy atom. The maximum Gasteiger partial charge on any atom is 0.260 e. The molecular weight excluding hydrogens is 370 g/mol. The third-order valence-electron chi connectivity index (χ3n) is 4.91. The van der Waals surface area contributed by atoms with Crippen LogP contribution in [-0.4, -0.2) is 9.97 Å². The summed E-state index contributed by atoms with van der Waals surface area (Å²) in [6.07, 6.45) is 1.61. The molecular formula is C22H23N3O2S. The van der Waals surface area contributed by atoms with Crippen molar-refractivity contribution >= 4 is 21.6 Å². The highest BCUT2D eigenvalue weighted by Gasteiger charge is 2.21. The first kappa shape index (κ1) is 18.7. The lowest BCUT2D eigenvalue weighted by Gasteiger charge is -2.26. The van der Waals surface area contributed by atoms with Crippen molar-refractivity contribution in [3.8, 4) is 11.3 Å². The van der Waals surface area contributed by atoms with Crippen LogP contribution in [0, 0.1) is 5.92 Å². The van der Waals surface area contributed by atoms with Crippen LogP contribution in [0.2, 0.25) is 0 Å². The lowest BCUT2D eigenvalue weighted by molar-refractivity contribution is 0.367. The summed E-state index contributed by atoms with van der Waals surface area (Å²) < 4.78 is 5.46. The first-order chi connectivity index (χ1) is 13.5. The molecule has 3 heterocycles. The van der Waals surface area contributed by atoms with Gasteiger partial charge in [-0.15, -0.1) is 11.3 Å². The van der Waals surface area contributed by atoms with Crippen LogP contribution >= 0.6 is 11.3 Å². The number of benzene rings is 1. The van der Waals surface area contributed by atoms with Crippen LogP contribution < -0.4 is 10.9 Å². The van der Waals surface area contributed by atoms with E-state index in [9.17, 15) is 4.79 Å². The Hall–Kier alpha value is -2.70. The highest BCUT2D eigenvalue weighted by atomic mass is 32.1. The zero-order chi connectivity index (χ0) is 19.7. The molecule has 0 saturated carbocycles. The number of nitrogens with one attached hydrogen (secondary N) is 2. The van der Waals surface area contributed by atoms with Crippen molar-refractivity contribution in [3.63, 3.8) is 0 Å². The van der Waals surface area contributed by atoms with Crippen LogP contribution in [0.4, 0.5) is 0 Å². The highest BCUT2D eigenvalue weighted by molar-refractivity contribution is 7.17. The van der Waals surface area contributed by atoms with Gasteiger partial charge in [0.15, 0.2) is 0 Å². The van der Waals surface area contributed by atoms with E-state index in [1.54, 1.807) is 6.26 Å². The predicted octanol–water partition coefficient (Wildman–Crippen LogP) is 5.29. The van der Waals surface area contributed by atoms with Crippen molar-refractivity contribution in [3.05, 3.63) is 75.8 Å². The summed E-state index contributed by atoms with van der Waals surface area (Å²) in [5.74, 6) is 1.72. The molecule has 0 aliphatic carbocycles. The zero-order valence-corrected chi connectivity index (χ0v) is 16.9. The van der Waals surface area contributed by atoms with Gasteiger partial charge in [-0.25, -0.2) is 4.98 Å². The second-order valence-corrected chi connectivity index (χ2v) is 8.14. The summed E-state index contributed by atoms with van der Waals surface area (Å²) in [6.45, 7) is 6.40. The zero-order valence-electron chi connectivity index (χ0n) is 16.1. The van der Waals surface area contributed by atoms with Gasteiger partial charge < -0.3 is 14.7 Å². The molecule has 144 valence electrons. The Balaban J connectivity index is 1.66. The van der Waals surface area contributed by atoms with Crippen LogP contribution in [0.15, 0.2) is 63.3 Å². The Bertz CT molecular complexity index is 1110. The Morgan fingerprint density at radius 2 is 1.89 bits per heavy atom. The lowest BCUT2D eigenvalue weighted by Crippen LogP contribution is -2.30. The molecule has 0 aliphatic rings. The van der Waals surface area contributed by atoms with Crippen molar-refractivity contribution in [2.45, 2.75) is 32.9 Å². The van der Waals surface area contributed by atoms with Crippen LogP contribution in [-0.2, 0) is 0 Å². The van der Waals surface area contributed by atoms with E-state index >= 15 is 0 Å². The van der Waals surface area contributed by atoms with Gasteiger partial charge in [-0.2, -0.15) is 0 Å². The third-order valence-corrected chi connectivity index (χ3v) is 5.79. The van der Waals surface area contributed by atoms with Gasteiger partial charge >= 0.3 is 0 Å². The van der Waals surface area contributed by atoms with Crippen molar-refractivity contribution in [2.75, 3.05) is 0 Å². The molecule has 2 atom stereocenters. The molecule has 2 N–H and O–H groups in total. The SMILES string of the molecule is CC(C)[C@H](N[C@@H](C)c1nc2scc(-c3ccco3)c2c(=O)[nH]1)c1ccccc1. The molecule has 0 bridgehead atoms. The summed E-state index contributed by atoms with van der Waals surface area (Å²) in [5.41, 5.74) is 1.88. The molecule has 3 aromatic heterocycles. The van der Waals surface area contributed by atoms with Crippen LogP contribution in [0.5, 0.6) is 0 Å². The van der Waals surface area contributed by atoms with E-state index in [2.05, 4.69) is 36.3 Å². The first-order valence-corrected chi connectivity index (χ1v) is 10.3. The molecule has 0 saturated heterocycles. The number of aromatic amines is 1. The van der Waals surface area contributed by atoms with Crippen LogP contribution in [0.1, 0.15) is 44.2 Å². The summed E-state index contributed by atoms with van der Waals surface area (Å²) >= 11 is 1.46. The quantitative estimate of drug-likeness (QED) is 0.467. The van der Waals surface area contributed by atoms with Gasteiger partial charge in [0.25, 0.3) is 5.56 Å². The van der Waals surface area contributed by atoms with E-state index in [0.29, 0.717) is 22.9 Å². The maximum atomic E-state index is 12.8. The Kier molecular flexibility index (Phi) is 5.15. The first-order valence-electron chi connectivity index (χ1n) is 9.41. The fraction of sp³-hybridized carbons (Fsp3) is 0.273. The fourth-order valence-corrected chi connectivity index (χ4v) is 4.40. The number of thiophene rings is 1. The summed E-state index contributed by atoms with van der Waals surface area (Å²) in [7, 11) is 0. The van der Waals surface area contributed by atoms with Gasteiger partial charge in [0.1, 0.15) is 16.4 Å². The molecule has 0 unspecified atom stereocenters. The van der Waals surface area contributed by atoms with Crippen molar-refractivity contribution in [2.24, 2.45) is 5.92 Å². The maximum absolute atomic E-state index is 12.8. The van der Waals surface area contributed by atoms with Gasteiger partial charge in [0.2, 0.25) is 0 Å². The minimum Gasteiger partial charge on any atom is -0.464 e. The number of hydrogen-bond donors (Lipinski definition) is 2. The molecule has 5 nitrogen and oxygen atoms in total. The fourth-order valence-electron chi connectivity index (χ4n) is 3.47. The minimum atomic E-state index is -0.137. The molecule has 1 aromatic carbocycles. The molecule has 0 amide bonds. The van der Waals surface area contributed by atoms with Gasteiger partial charge in [0.05, 0.1) is 17.7 Å². The van der Waals surface area contributed by atoms with E-state index in [1.165, 1.54) is 16.9 Å². The molecule has 0 radical (unpaired) electrons. The molecule has 0 fully saturated rings. The van der Waals surface area contributed by atoms with Gasteiger partial charge in [-0.3, -0.25) is 4.79 Å². The van der Waals surface area contributed by atoms with E-state index < -0.39 is 0 Å². The third kappa shape index (κ3) is 3.53. The van der Waals surface area contributed by atoms with E-state index in [0.717, 1.165) is 10.4 Å². The topological polar surface area (TPSA) is 70.9 Å². The molecule has 0 aliphatic heterocycles. The average Bonchev–Trinajstić information content (AvgIpc) is 3.35. The Morgan fingerprint density at radius 1 is 1.11 bits per heavy atom. The minimum absolute atomic E-state index is 0.0983. The number of nitrogens with zero attached hydrogens (tertiary/aromatic N) is 1. The second-order valence-electron chi connectivity index (χ2n) is 7.28. The van der Waals surface area contributed by atoms with Crippen LogP contribution in [0.25, 0.3) is 21.5 Å². The molecule has 6 heteroatoms. The number of aromatic nitrogens is 2. The number of hydrogen-bond acceptors (Lipinski definition) is 5. The molecule has 4 aromatic rings. The van der Waals surface area contributed by atoms with E-state index in [1.807, 2.05) is 42.6 Å². The normalized spacial score (nSPS) is 13.9. The van der Waals surface area contributed by atoms with Crippen LogP contribution in [0.3, 0.4) is 0 Å². The summed E-state index contributed by atoms with van der Waals surface area (Å²) in [6, 6.07) is 14.1. The van der Waals surface area contributed by atoms with Gasteiger partial charge in [0, 0.05) is 17.0 Å². The number of rotatable bonds is 6. The smallest absolute Gasteiger partial charge is 0.260 e. The van der Waals surface area contributed by atoms with Gasteiger partial charge in [-0.1, -0.05) is 44.2 Å². The monoisotopic (exact) mass is 393 g/mol. The average molecular weight is 394 g/mol. The molecule has 0 spiro atoms. The van der Waals surface area contributed by atoms with Crippen molar-refractivity contribution in [1.82, 2.24) is 15.3 Å². The lowest BCUT2D eigenvalue weighted by atomic mass is 9.95. The second kappa shape index (κ2) is 7.73. The summed E-state index contributed by atoms with van der Waals surface area (Å²) in [5, 5.41) is 6.14. The highest BCUT2D eigenvalue weighted by Crippen LogP contribution is 2.31. The van der Waals surface area contributed by atoms with Gasteiger partial charge in [-0.05, 0) is 30.5 Å². The van der Waals surface area contributed by atoms with Crippen molar-refractivity contribution in [1.29, 1.82) is 0 Å².